The molecule has 0 saturated carbocycles. The Bertz CT molecular complexity index is 792. The molecule has 0 aliphatic carbocycles. The lowest BCUT2D eigenvalue weighted by Crippen LogP contribution is -2.47. The van der Waals surface area contributed by atoms with E-state index in [1.807, 2.05) is 0 Å². The van der Waals surface area contributed by atoms with Gasteiger partial charge in [-0.1, -0.05) is 11.3 Å². The van der Waals surface area contributed by atoms with Gasteiger partial charge >= 0.3 is 6.36 Å². The molecule has 12 heteroatoms. The quantitative estimate of drug-likeness (QED) is 0.555. The lowest BCUT2D eigenvalue weighted by atomic mass is 10.3. The second kappa shape index (κ2) is 8.29. The van der Waals surface area contributed by atoms with Crippen molar-refractivity contribution in [3.05, 3.63) is 18.2 Å². The zero-order valence-electron chi connectivity index (χ0n) is 13.4. The van der Waals surface area contributed by atoms with Gasteiger partial charge in [-0.25, -0.2) is 4.98 Å². The Morgan fingerprint density at radius 1 is 1.38 bits per heavy atom. The van der Waals surface area contributed by atoms with Crippen LogP contribution in [0.25, 0.3) is 10.2 Å². The fourth-order valence-electron chi connectivity index (χ4n) is 1.91. The predicted molar refractivity (Wildman–Crippen MR) is 87.9 cm³/mol. The molecule has 2 rings (SSSR count). The summed E-state index contributed by atoms with van der Waals surface area (Å²) in [5.74, 6) is -1.51. The number of halogens is 3. The zero-order valence-corrected chi connectivity index (χ0v) is 14.2. The van der Waals surface area contributed by atoms with Crippen molar-refractivity contribution < 1.29 is 32.6 Å². The number of rotatable bonds is 7. The molecule has 1 aromatic heterocycles. The van der Waals surface area contributed by atoms with E-state index < -0.39 is 30.8 Å². The number of aromatic nitrogens is 1. The molecule has 2 aromatic rings. The van der Waals surface area contributed by atoms with Crippen LogP contribution in [0.1, 0.15) is 0 Å². The molecule has 0 radical (unpaired) electrons. The molecule has 8 nitrogen and oxygen atoms in total. The van der Waals surface area contributed by atoms with Crippen LogP contribution in [0.15, 0.2) is 18.2 Å². The van der Waals surface area contributed by atoms with E-state index in [4.69, 9.17) is 5.11 Å². The molecule has 1 atom stereocenters. The number of carbonyl (C=O) groups excluding carboxylic acids is 2. The van der Waals surface area contributed by atoms with Crippen molar-refractivity contribution in [3.8, 4) is 5.75 Å². The van der Waals surface area contributed by atoms with Crippen molar-refractivity contribution >= 4 is 38.5 Å². The van der Waals surface area contributed by atoms with Crippen LogP contribution < -0.4 is 20.7 Å². The average molecular weight is 392 g/mol. The molecule has 1 aromatic carbocycles. The highest BCUT2D eigenvalue weighted by atomic mass is 32.1. The third kappa shape index (κ3) is 5.54. The predicted octanol–water partition coefficient (Wildman–Crippen LogP) is 0.830. The van der Waals surface area contributed by atoms with Gasteiger partial charge in [0.25, 0.3) is 0 Å². The SMILES string of the molecule is CN[C@H](CO)C(=O)NCC(=O)Nc1nc2ccc(OC(F)(F)F)cc2s1. The smallest absolute Gasteiger partial charge is 0.406 e. The number of anilines is 1. The molecule has 2 amide bonds. The minimum Gasteiger partial charge on any atom is -0.406 e. The number of aliphatic hydroxyl groups is 1. The molecule has 0 fully saturated rings. The third-order valence-corrected chi connectivity index (χ3v) is 4.04. The first-order chi connectivity index (χ1) is 12.2. The molecule has 0 aliphatic heterocycles. The summed E-state index contributed by atoms with van der Waals surface area (Å²) in [4.78, 5) is 27.5. The van der Waals surface area contributed by atoms with Crippen LogP contribution in [0.4, 0.5) is 18.3 Å². The number of likely N-dealkylation sites (N-methyl/N-ethyl adjacent to an activating group) is 1. The van der Waals surface area contributed by atoms with Crippen LogP contribution in [0.3, 0.4) is 0 Å². The zero-order chi connectivity index (χ0) is 19.3. The fourth-order valence-corrected chi connectivity index (χ4v) is 2.83. The number of benzene rings is 1. The van der Waals surface area contributed by atoms with Gasteiger partial charge in [0.1, 0.15) is 11.8 Å². The Kier molecular flexibility index (Phi) is 6.34. The summed E-state index contributed by atoms with van der Waals surface area (Å²) >= 11 is 0.960. The van der Waals surface area contributed by atoms with Gasteiger partial charge in [-0.2, -0.15) is 0 Å². The van der Waals surface area contributed by atoms with Gasteiger partial charge < -0.3 is 25.8 Å². The molecule has 0 aliphatic rings. The Morgan fingerprint density at radius 2 is 2.12 bits per heavy atom. The number of ether oxygens (including phenoxy) is 1. The molecular formula is C14H15F3N4O4S. The van der Waals surface area contributed by atoms with Crippen molar-refractivity contribution in [2.75, 3.05) is 25.5 Å². The molecule has 4 N–H and O–H groups in total. The van der Waals surface area contributed by atoms with Crippen molar-refractivity contribution in [2.45, 2.75) is 12.4 Å². The van der Waals surface area contributed by atoms with Gasteiger partial charge in [-0.15, -0.1) is 13.2 Å². The standard InChI is InChI=1S/C14H15F3N4O4S/c1-18-9(6-22)12(24)19-5-11(23)21-13-20-8-3-2-7(4-10(8)26-13)25-14(15,16)17/h2-4,9,18,22H,5-6H2,1H3,(H,19,24)(H,20,21,23)/t9-/m1/s1. The van der Waals surface area contributed by atoms with Gasteiger partial charge in [-0.05, 0) is 19.2 Å². The first-order valence-electron chi connectivity index (χ1n) is 7.24. The van der Waals surface area contributed by atoms with Gasteiger partial charge in [0.15, 0.2) is 5.13 Å². The minimum atomic E-state index is -4.80. The van der Waals surface area contributed by atoms with E-state index in [1.165, 1.54) is 13.1 Å². The van der Waals surface area contributed by atoms with Crippen LogP contribution in [0, 0.1) is 0 Å². The summed E-state index contributed by atoms with van der Waals surface area (Å²) in [5, 5.41) is 16.5. The Morgan fingerprint density at radius 3 is 2.73 bits per heavy atom. The Hall–Kier alpha value is -2.44. The number of nitrogens with one attached hydrogen (secondary N) is 3. The van der Waals surface area contributed by atoms with E-state index in [2.05, 4.69) is 25.7 Å². The number of alkyl halides is 3. The van der Waals surface area contributed by atoms with E-state index in [1.54, 1.807) is 0 Å². The van der Waals surface area contributed by atoms with Crippen molar-refractivity contribution in [3.63, 3.8) is 0 Å². The normalized spacial score (nSPS) is 12.7. The van der Waals surface area contributed by atoms with Crippen LogP contribution in [-0.4, -0.2) is 54.5 Å². The van der Waals surface area contributed by atoms with E-state index in [9.17, 15) is 22.8 Å². The first kappa shape index (κ1) is 19.9. The summed E-state index contributed by atoms with van der Waals surface area (Å²) in [6, 6.07) is 2.78. The Balaban J connectivity index is 1.97. The number of aliphatic hydroxyl groups excluding tert-OH is 1. The number of hydrogen-bond donors (Lipinski definition) is 4. The van der Waals surface area contributed by atoms with Crippen LogP contribution in [-0.2, 0) is 9.59 Å². The number of nitrogens with zero attached hydrogens (tertiary/aromatic N) is 1. The molecule has 1 heterocycles. The monoisotopic (exact) mass is 392 g/mol. The maximum atomic E-state index is 12.2. The topological polar surface area (TPSA) is 113 Å². The summed E-state index contributed by atoms with van der Waals surface area (Å²) in [7, 11) is 1.48. The number of hydrogen-bond acceptors (Lipinski definition) is 7. The van der Waals surface area contributed by atoms with E-state index in [0.29, 0.717) is 10.2 Å². The highest BCUT2D eigenvalue weighted by Gasteiger charge is 2.31. The maximum Gasteiger partial charge on any atom is 0.573 e. The van der Waals surface area contributed by atoms with Crippen molar-refractivity contribution in [1.29, 1.82) is 0 Å². The fraction of sp³-hybridized carbons (Fsp3) is 0.357. The second-order valence-corrected chi connectivity index (χ2v) is 6.02. The molecule has 0 spiro atoms. The average Bonchev–Trinajstić information content (AvgIpc) is 2.94. The summed E-state index contributed by atoms with van der Waals surface area (Å²) in [5.41, 5.74) is 0.388. The molecule has 0 saturated heterocycles. The highest BCUT2D eigenvalue weighted by Crippen LogP contribution is 2.31. The lowest BCUT2D eigenvalue weighted by Gasteiger charge is -2.12. The molecule has 0 unspecified atom stereocenters. The molecular weight excluding hydrogens is 377 g/mol. The lowest BCUT2D eigenvalue weighted by molar-refractivity contribution is -0.274. The van der Waals surface area contributed by atoms with Gasteiger partial charge in [0, 0.05) is 6.07 Å². The molecule has 0 bridgehead atoms. The first-order valence-corrected chi connectivity index (χ1v) is 8.05. The van der Waals surface area contributed by atoms with Crippen molar-refractivity contribution in [1.82, 2.24) is 15.6 Å². The second-order valence-electron chi connectivity index (χ2n) is 4.99. The molecule has 142 valence electrons. The molecule has 26 heavy (non-hydrogen) atoms. The van der Waals surface area contributed by atoms with Crippen LogP contribution in [0.5, 0.6) is 5.75 Å². The van der Waals surface area contributed by atoms with E-state index >= 15 is 0 Å². The van der Waals surface area contributed by atoms with E-state index in [-0.39, 0.29) is 17.4 Å². The minimum absolute atomic E-state index is 0.163. The number of amides is 2. The summed E-state index contributed by atoms with van der Waals surface area (Å²) < 4.78 is 40.9. The van der Waals surface area contributed by atoms with Crippen LogP contribution in [0.2, 0.25) is 0 Å². The highest BCUT2D eigenvalue weighted by molar-refractivity contribution is 7.22. The third-order valence-electron chi connectivity index (χ3n) is 3.11. The summed E-state index contributed by atoms with van der Waals surface area (Å²) in [6.45, 7) is -0.778. The number of thiazole rings is 1. The maximum absolute atomic E-state index is 12.2. The van der Waals surface area contributed by atoms with Gasteiger partial charge in [-0.3, -0.25) is 9.59 Å². The van der Waals surface area contributed by atoms with Crippen molar-refractivity contribution in [2.24, 2.45) is 0 Å². The Labute approximate surface area is 149 Å². The summed E-state index contributed by atoms with van der Waals surface area (Å²) in [6.07, 6.45) is -4.80. The van der Waals surface area contributed by atoms with E-state index in [0.717, 1.165) is 23.5 Å². The number of carbonyl (C=O) groups is 2. The van der Waals surface area contributed by atoms with Gasteiger partial charge in [0.05, 0.1) is 23.4 Å². The van der Waals surface area contributed by atoms with Crippen LogP contribution >= 0.6 is 11.3 Å². The number of fused-ring (bicyclic) bond motifs is 1. The largest absolute Gasteiger partial charge is 0.573 e. The van der Waals surface area contributed by atoms with Gasteiger partial charge in [0.2, 0.25) is 11.8 Å².